The standard InChI is InChI=1S/C16H23N7O/c1-11(12-2-3-12)23-15(6-7-19-23)21-16(24)8-17-13-4-5-14-18-10-20-22(14)9-13/h6-7,10-13,17H,2-5,8-9H2,1H3,(H,21,24). The van der Waals surface area contributed by atoms with Gasteiger partial charge in [-0.25, -0.2) is 14.3 Å². The maximum atomic E-state index is 12.3. The third-order valence-electron chi connectivity index (χ3n) is 4.98. The summed E-state index contributed by atoms with van der Waals surface area (Å²) in [5.41, 5.74) is 0. The van der Waals surface area contributed by atoms with Gasteiger partial charge in [0.05, 0.1) is 25.3 Å². The van der Waals surface area contributed by atoms with Crippen LogP contribution in [-0.4, -0.2) is 43.0 Å². The van der Waals surface area contributed by atoms with Gasteiger partial charge in [-0.2, -0.15) is 10.2 Å². The van der Waals surface area contributed by atoms with Crippen LogP contribution in [0.4, 0.5) is 5.82 Å². The average molecular weight is 329 g/mol. The smallest absolute Gasteiger partial charge is 0.239 e. The van der Waals surface area contributed by atoms with Gasteiger partial charge in [-0.3, -0.25) is 4.79 Å². The van der Waals surface area contributed by atoms with Crippen molar-refractivity contribution in [1.29, 1.82) is 0 Å². The summed E-state index contributed by atoms with van der Waals surface area (Å²) in [7, 11) is 0. The maximum absolute atomic E-state index is 12.3. The first-order valence-electron chi connectivity index (χ1n) is 8.64. The molecular weight excluding hydrogens is 306 g/mol. The van der Waals surface area contributed by atoms with Crippen LogP contribution in [0.15, 0.2) is 18.6 Å². The Balaban J connectivity index is 1.29. The van der Waals surface area contributed by atoms with E-state index in [-0.39, 0.29) is 18.5 Å². The van der Waals surface area contributed by atoms with E-state index in [4.69, 9.17) is 0 Å². The molecule has 0 aromatic carbocycles. The predicted molar refractivity (Wildman–Crippen MR) is 88.4 cm³/mol. The zero-order valence-corrected chi connectivity index (χ0v) is 13.9. The zero-order chi connectivity index (χ0) is 16.5. The van der Waals surface area contributed by atoms with E-state index in [1.807, 2.05) is 15.4 Å². The van der Waals surface area contributed by atoms with Crippen LogP contribution in [0.5, 0.6) is 0 Å². The highest BCUT2D eigenvalue weighted by Crippen LogP contribution is 2.40. The Morgan fingerprint density at radius 1 is 1.38 bits per heavy atom. The Labute approximate surface area is 140 Å². The van der Waals surface area contributed by atoms with Crippen LogP contribution in [-0.2, 0) is 17.8 Å². The summed E-state index contributed by atoms with van der Waals surface area (Å²) in [6, 6.07) is 2.45. The highest BCUT2D eigenvalue weighted by molar-refractivity contribution is 5.91. The summed E-state index contributed by atoms with van der Waals surface area (Å²) in [4.78, 5) is 16.5. The molecule has 8 nitrogen and oxygen atoms in total. The fourth-order valence-corrected chi connectivity index (χ4v) is 3.34. The van der Waals surface area contributed by atoms with Gasteiger partial charge in [-0.05, 0) is 32.1 Å². The number of carbonyl (C=O) groups is 1. The molecule has 24 heavy (non-hydrogen) atoms. The largest absolute Gasteiger partial charge is 0.310 e. The molecule has 0 radical (unpaired) electrons. The number of hydrogen-bond donors (Lipinski definition) is 2. The van der Waals surface area contributed by atoms with Crippen molar-refractivity contribution in [2.24, 2.45) is 5.92 Å². The lowest BCUT2D eigenvalue weighted by molar-refractivity contribution is -0.115. The van der Waals surface area contributed by atoms with Crippen LogP contribution in [0.25, 0.3) is 0 Å². The van der Waals surface area contributed by atoms with E-state index >= 15 is 0 Å². The number of aromatic nitrogens is 5. The summed E-state index contributed by atoms with van der Waals surface area (Å²) in [5.74, 6) is 2.46. The van der Waals surface area contributed by atoms with E-state index in [1.165, 1.54) is 12.8 Å². The Morgan fingerprint density at radius 2 is 2.25 bits per heavy atom. The fourth-order valence-electron chi connectivity index (χ4n) is 3.34. The van der Waals surface area contributed by atoms with E-state index in [0.29, 0.717) is 12.0 Å². The predicted octanol–water partition coefficient (Wildman–Crippen LogP) is 0.989. The summed E-state index contributed by atoms with van der Waals surface area (Å²) >= 11 is 0. The number of nitrogens with one attached hydrogen (secondary N) is 2. The van der Waals surface area contributed by atoms with Crippen molar-refractivity contribution in [3.05, 3.63) is 24.4 Å². The summed E-state index contributed by atoms with van der Waals surface area (Å²) in [6.07, 6.45) is 7.71. The van der Waals surface area contributed by atoms with Gasteiger partial charge in [0.25, 0.3) is 0 Å². The molecule has 2 N–H and O–H groups in total. The minimum atomic E-state index is -0.0378. The lowest BCUT2D eigenvalue weighted by Gasteiger charge is -2.23. The first-order valence-corrected chi connectivity index (χ1v) is 8.64. The number of fused-ring (bicyclic) bond motifs is 1. The van der Waals surface area contributed by atoms with Crippen molar-refractivity contribution in [2.75, 3.05) is 11.9 Å². The van der Waals surface area contributed by atoms with Crippen LogP contribution in [0, 0.1) is 5.92 Å². The molecule has 2 unspecified atom stereocenters. The van der Waals surface area contributed by atoms with Crippen molar-refractivity contribution in [2.45, 2.75) is 51.2 Å². The molecule has 0 spiro atoms. The summed E-state index contributed by atoms with van der Waals surface area (Å²) < 4.78 is 3.84. The van der Waals surface area contributed by atoms with Crippen LogP contribution in [0.1, 0.15) is 38.1 Å². The molecule has 4 rings (SSSR count). The second-order valence-corrected chi connectivity index (χ2v) is 6.76. The van der Waals surface area contributed by atoms with Gasteiger partial charge >= 0.3 is 0 Å². The Bertz CT molecular complexity index is 718. The van der Waals surface area contributed by atoms with E-state index < -0.39 is 0 Å². The number of hydrogen-bond acceptors (Lipinski definition) is 5. The monoisotopic (exact) mass is 329 g/mol. The minimum absolute atomic E-state index is 0.0378. The van der Waals surface area contributed by atoms with E-state index in [0.717, 1.165) is 31.0 Å². The van der Waals surface area contributed by atoms with Crippen LogP contribution in [0.2, 0.25) is 0 Å². The molecule has 1 fully saturated rings. The highest BCUT2D eigenvalue weighted by atomic mass is 16.2. The van der Waals surface area contributed by atoms with Crippen molar-refractivity contribution in [3.63, 3.8) is 0 Å². The van der Waals surface area contributed by atoms with E-state index in [2.05, 4.69) is 32.7 Å². The molecule has 128 valence electrons. The quantitative estimate of drug-likeness (QED) is 0.825. The lowest BCUT2D eigenvalue weighted by Crippen LogP contribution is -2.41. The molecule has 1 amide bonds. The SMILES string of the molecule is CC(C1CC1)n1nccc1NC(=O)CNC1CCc2ncnn2C1. The lowest BCUT2D eigenvalue weighted by atomic mass is 10.1. The molecule has 0 saturated heterocycles. The number of aryl methyl sites for hydroxylation is 1. The molecule has 2 aromatic heterocycles. The van der Waals surface area contributed by atoms with Gasteiger partial charge in [-0.15, -0.1) is 0 Å². The Kier molecular flexibility index (Phi) is 4.05. The first kappa shape index (κ1) is 15.3. The second kappa shape index (κ2) is 6.35. The minimum Gasteiger partial charge on any atom is -0.310 e. The van der Waals surface area contributed by atoms with E-state index in [1.54, 1.807) is 12.5 Å². The number of carbonyl (C=O) groups excluding carboxylic acids is 1. The Morgan fingerprint density at radius 3 is 3.08 bits per heavy atom. The molecule has 1 saturated carbocycles. The number of amides is 1. The van der Waals surface area contributed by atoms with Crippen LogP contribution in [0.3, 0.4) is 0 Å². The maximum Gasteiger partial charge on any atom is 0.239 e. The molecule has 2 atom stereocenters. The first-order chi connectivity index (χ1) is 11.7. The van der Waals surface area contributed by atoms with E-state index in [9.17, 15) is 4.79 Å². The molecule has 1 aliphatic heterocycles. The third-order valence-corrected chi connectivity index (χ3v) is 4.98. The number of nitrogens with zero attached hydrogens (tertiary/aromatic N) is 5. The molecule has 2 aromatic rings. The summed E-state index contributed by atoms with van der Waals surface area (Å²) in [6.45, 7) is 3.22. The fraction of sp³-hybridized carbons (Fsp3) is 0.625. The van der Waals surface area contributed by atoms with Gasteiger partial charge in [0.2, 0.25) is 5.91 Å². The van der Waals surface area contributed by atoms with Crippen molar-refractivity contribution in [1.82, 2.24) is 29.9 Å². The van der Waals surface area contributed by atoms with Crippen molar-refractivity contribution in [3.8, 4) is 0 Å². The van der Waals surface area contributed by atoms with Crippen LogP contribution < -0.4 is 10.6 Å². The van der Waals surface area contributed by atoms with Gasteiger partial charge in [0, 0.05) is 18.5 Å². The normalized spacial score (nSPS) is 21.3. The van der Waals surface area contributed by atoms with Crippen molar-refractivity contribution < 1.29 is 4.79 Å². The molecule has 2 aliphatic rings. The molecular formula is C16H23N7O. The average Bonchev–Trinajstić information content (AvgIpc) is 3.16. The third kappa shape index (κ3) is 3.19. The second-order valence-electron chi connectivity index (χ2n) is 6.76. The molecule has 1 aliphatic carbocycles. The van der Waals surface area contributed by atoms with Gasteiger partial charge < -0.3 is 10.6 Å². The zero-order valence-electron chi connectivity index (χ0n) is 13.9. The Hall–Kier alpha value is -2.22. The van der Waals surface area contributed by atoms with Gasteiger partial charge in [-0.1, -0.05) is 0 Å². The molecule has 0 bridgehead atoms. The molecule has 3 heterocycles. The topological polar surface area (TPSA) is 89.7 Å². The number of rotatable bonds is 6. The summed E-state index contributed by atoms with van der Waals surface area (Å²) in [5, 5.41) is 14.9. The van der Waals surface area contributed by atoms with Crippen molar-refractivity contribution >= 4 is 11.7 Å². The number of anilines is 1. The van der Waals surface area contributed by atoms with Crippen LogP contribution >= 0.6 is 0 Å². The van der Waals surface area contributed by atoms with Gasteiger partial charge in [0.1, 0.15) is 18.0 Å². The molecule has 8 heteroatoms. The highest BCUT2D eigenvalue weighted by Gasteiger charge is 2.30. The van der Waals surface area contributed by atoms with Gasteiger partial charge in [0.15, 0.2) is 0 Å².